The number of aliphatic hydroxyl groups excluding tert-OH is 1. The largest absolute Gasteiger partial charge is 0.503 e. The minimum absolute atomic E-state index is 0.0386. The first-order valence-corrected chi connectivity index (χ1v) is 9.32. The van der Waals surface area contributed by atoms with Crippen LogP contribution in [-0.4, -0.2) is 45.6 Å². The summed E-state index contributed by atoms with van der Waals surface area (Å²) in [5, 5.41) is 39.2. The Kier molecular flexibility index (Phi) is 4.96. The maximum Gasteiger partial charge on any atom is 0.336 e. The van der Waals surface area contributed by atoms with E-state index in [-0.39, 0.29) is 44.7 Å². The number of aliphatic hydroxyl groups is 1. The van der Waals surface area contributed by atoms with Gasteiger partial charge in [-0.25, -0.2) is 9.59 Å². The second kappa shape index (κ2) is 7.50. The highest BCUT2D eigenvalue weighted by Gasteiger charge is 2.33. The van der Waals surface area contributed by atoms with Crippen LogP contribution >= 0.6 is 11.6 Å². The molecule has 31 heavy (non-hydrogen) atoms. The first-order chi connectivity index (χ1) is 14.7. The molecule has 0 saturated heterocycles. The third-order valence-electron chi connectivity index (χ3n) is 4.95. The van der Waals surface area contributed by atoms with E-state index in [0.717, 1.165) is 6.07 Å². The van der Waals surface area contributed by atoms with Gasteiger partial charge >= 0.3 is 11.9 Å². The smallest absolute Gasteiger partial charge is 0.336 e. The van der Waals surface area contributed by atoms with Gasteiger partial charge in [0.1, 0.15) is 10.8 Å². The number of rotatable bonds is 4. The summed E-state index contributed by atoms with van der Waals surface area (Å²) in [4.78, 5) is 23.4. The summed E-state index contributed by atoms with van der Waals surface area (Å²) in [5.41, 5.74) is 0.909. The van der Waals surface area contributed by atoms with Crippen LogP contribution in [0.25, 0.3) is 5.57 Å². The fraction of sp³-hybridized carbons (Fsp3) is 0.0909. The quantitative estimate of drug-likeness (QED) is 0.565. The number of aromatic hydroxyl groups is 1. The lowest BCUT2D eigenvalue weighted by Crippen LogP contribution is -2.17. The second-order valence-electron chi connectivity index (χ2n) is 6.76. The van der Waals surface area contributed by atoms with E-state index >= 15 is 0 Å². The first kappa shape index (κ1) is 20.5. The molecule has 4 N–H and O–H groups in total. The summed E-state index contributed by atoms with van der Waals surface area (Å²) in [7, 11) is 1.33. The zero-order valence-electron chi connectivity index (χ0n) is 15.9. The molecule has 0 aromatic heterocycles. The van der Waals surface area contributed by atoms with Crippen molar-refractivity contribution >= 4 is 29.1 Å². The van der Waals surface area contributed by atoms with Gasteiger partial charge in [-0.1, -0.05) is 29.8 Å². The Bertz CT molecular complexity index is 1240. The second-order valence-corrected chi connectivity index (χ2v) is 7.14. The Hall–Kier alpha value is -3.75. The molecule has 1 atom stereocenters. The lowest BCUT2D eigenvalue weighted by Gasteiger charge is -2.29. The summed E-state index contributed by atoms with van der Waals surface area (Å²) in [6.07, 6.45) is 3.52. The maximum absolute atomic E-state index is 12.0. The van der Waals surface area contributed by atoms with Gasteiger partial charge in [-0.3, -0.25) is 0 Å². The van der Waals surface area contributed by atoms with Crippen LogP contribution < -0.4 is 9.47 Å². The highest BCUT2D eigenvalue weighted by atomic mass is 35.5. The van der Waals surface area contributed by atoms with E-state index in [9.17, 15) is 30.0 Å². The fourth-order valence-corrected chi connectivity index (χ4v) is 3.76. The number of hydrogen-bond acceptors (Lipinski definition) is 6. The minimum atomic E-state index is -1.33. The summed E-state index contributed by atoms with van der Waals surface area (Å²) < 4.78 is 11.0. The van der Waals surface area contributed by atoms with Crippen molar-refractivity contribution in [3.8, 4) is 17.2 Å². The van der Waals surface area contributed by atoms with Crippen LogP contribution in [0.15, 0.2) is 53.8 Å². The van der Waals surface area contributed by atoms with Gasteiger partial charge in [0.15, 0.2) is 17.2 Å². The molecule has 0 bridgehead atoms. The van der Waals surface area contributed by atoms with E-state index in [1.807, 2.05) is 0 Å². The van der Waals surface area contributed by atoms with Crippen molar-refractivity contribution in [3.63, 3.8) is 0 Å². The molecule has 2 aromatic rings. The van der Waals surface area contributed by atoms with Gasteiger partial charge in [0, 0.05) is 16.7 Å². The summed E-state index contributed by atoms with van der Waals surface area (Å²) in [6, 6.07) is 5.18. The van der Waals surface area contributed by atoms with Crippen molar-refractivity contribution in [1.82, 2.24) is 0 Å². The van der Waals surface area contributed by atoms with Crippen LogP contribution in [0, 0.1) is 0 Å². The normalized spacial score (nSPS) is 16.7. The van der Waals surface area contributed by atoms with E-state index < -0.39 is 18.0 Å². The van der Waals surface area contributed by atoms with Crippen molar-refractivity contribution < 1.29 is 39.5 Å². The van der Waals surface area contributed by atoms with Crippen molar-refractivity contribution in [2.75, 3.05) is 7.11 Å². The first-order valence-electron chi connectivity index (χ1n) is 8.94. The number of ether oxygens (including phenoxy) is 2. The monoisotopic (exact) mass is 442 g/mol. The zero-order valence-corrected chi connectivity index (χ0v) is 16.7. The molecule has 2 aromatic carbocycles. The van der Waals surface area contributed by atoms with Crippen LogP contribution in [0.3, 0.4) is 0 Å². The van der Waals surface area contributed by atoms with Crippen LogP contribution in [0.5, 0.6) is 17.2 Å². The number of hydrogen-bond donors (Lipinski definition) is 4. The molecule has 158 valence electrons. The summed E-state index contributed by atoms with van der Waals surface area (Å²) >= 11 is 6.31. The van der Waals surface area contributed by atoms with Crippen LogP contribution in [-0.2, 0) is 0 Å². The topological polar surface area (TPSA) is 134 Å². The van der Waals surface area contributed by atoms with Crippen molar-refractivity contribution in [2.45, 2.75) is 6.10 Å². The van der Waals surface area contributed by atoms with Gasteiger partial charge in [-0.15, -0.1) is 0 Å². The van der Waals surface area contributed by atoms with Gasteiger partial charge in [-0.2, -0.15) is 0 Å². The highest BCUT2D eigenvalue weighted by molar-refractivity contribution is 6.34. The van der Waals surface area contributed by atoms with E-state index in [4.69, 9.17) is 21.1 Å². The standard InChI is InChI=1S/C22H15ClO8/c1-30-16-8-14-17(11-4-2-9(21(26)27)6-13(11)22(28)29)12-5-3-10(24)7-15(12)31-20(14)18(23)19(16)25/h2-8,10,24-25H,1H3,(H,26,27)(H,28,29). The maximum atomic E-state index is 12.0. The van der Waals surface area contributed by atoms with Gasteiger partial charge in [-0.05, 0) is 29.8 Å². The van der Waals surface area contributed by atoms with E-state index in [1.165, 1.54) is 37.5 Å². The average molecular weight is 443 g/mol. The molecule has 2 aliphatic rings. The Morgan fingerprint density at radius 1 is 1.13 bits per heavy atom. The van der Waals surface area contributed by atoms with Crippen molar-refractivity contribution in [3.05, 3.63) is 81.1 Å². The van der Waals surface area contributed by atoms with Gasteiger partial charge in [0.25, 0.3) is 0 Å². The molecular weight excluding hydrogens is 428 g/mol. The number of benzene rings is 2. The summed E-state index contributed by atoms with van der Waals surface area (Å²) in [5.74, 6) is -2.67. The summed E-state index contributed by atoms with van der Waals surface area (Å²) in [6.45, 7) is 0. The van der Waals surface area contributed by atoms with E-state index in [0.29, 0.717) is 16.7 Å². The molecule has 0 saturated carbocycles. The molecule has 0 amide bonds. The van der Waals surface area contributed by atoms with Crippen LogP contribution in [0.4, 0.5) is 0 Å². The van der Waals surface area contributed by atoms with Gasteiger partial charge < -0.3 is 29.9 Å². The molecule has 1 unspecified atom stereocenters. The molecule has 1 heterocycles. The minimum Gasteiger partial charge on any atom is -0.503 e. The average Bonchev–Trinajstić information content (AvgIpc) is 2.74. The van der Waals surface area contributed by atoms with E-state index in [1.54, 1.807) is 6.08 Å². The number of methoxy groups -OCH3 is 1. The molecule has 0 radical (unpaired) electrons. The van der Waals surface area contributed by atoms with Gasteiger partial charge in [0.2, 0.25) is 0 Å². The van der Waals surface area contributed by atoms with Crippen molar-refractivity contribution in [1.29, 1.82) is 0 Å². The lowest BCUT2D eigenvalue weighted by atomic mass is 9.84. The third kappa shape index (κ3) is 3.31. The molecular formula is C22H15ClO8. The zero-order chi connectivity index (χ0) is 22.4. The van der Waals surface area contributed by atoms with Crippen LogP contribution in [0.2, 0.25) is 5.02 Å². The number of carbonyl (C=O) groups is 2. The molecule has 0 fully saturated rings. The fourth-order valence-electron chi connectivity index (χ4n) is 3.53. The third-order valence-corrected chi connectivity index (χ3v) is 5.30. The molecule has 1 aliphatic carbocycles. The highest BCUT2D eigenvalue weighted by Crippen LogP contribution is 2.52. The number of halogens is 1. The number of carboxylic acid groups (broad SMARTS) is 2. The molecule has 0 spiro atoms. The SMILES string of the molecule is COc1cc2c(c(Cl)c1O)OC1=CC(O)C=CC1=C2c1ccc(C(=O)O)cc1C(=O)O. The van der Waals surface area contributed by atoms with Crippen LogP contribution in [0.1, 0.15) is 31.8 Å². The molecule has 8 nitrogen and oxygen atoms in total. The molecule has 4 rings (SSSR count). The predicted octanol–water partition coefficient (Wildman–Crippen LogP) is 3.46. The Morgan fingerprint density at radius 2 is 1.87 bits per heavy atom. The number of fused-ring (bicyclic) bond motifs is 2. The van der Waals surface area contributed by atoms with E-state index in [2.05, 4.69) is 0 Å². The molecule has 1 aliphatic heterocycles. The molecule has 9 heteroatoms. The number of phenols is 1. The number of aromatic carboxylic acids is 2. The Balaban J connectivity index is 2.10. The Labute approximate surface area is 180 Å². The lowest BCUT2D eigenvalue weighted by molar-refractivity contribution is 0.0695. The number of carboxylic acids is 2. The Morgan fingerprint density at radius 3 is 2.52 bits per heavy atom. The van der Waals surface area contributed by atoms with Crippen molar-refractivity contribution in [2.24, 2.45) is 0 Å². The van der Waals surface area contributed by atoms with Gasteiger partial charge in [0.05, 0.1) is 24.3 Å². The number of allylic oxidation sites excluding steroid dienone is 1. The number of phenolic OH excluding ortho intramolecular Hbond substituents is 1. The predicted molar refractivity (Wildman–Crippen MR) is 110 cm³/mol.